The van der Waals surface area contributed by atoms with Crippen molar-refractivity contribution in [1.29, 1.82) is 0 Å². The minimum atomic E-state index is -0.505. The average Bonchev–Trinajstić information content (AvgIpc) is 2.92. The molecule has 1 aliphatic carbocycles. The van der Waals surface area contributed by atoms with Gasteiger partial charge in [-0.2, -0.15) is 0 Å². The van der Waals surface area contributed by atoms with E-state index in [1.54, 1.807) is 19.1 Å². The molecule has 1 saturated carbocycles. The fourth-order valence-corrected chi connectivity index (χ4v) is 3.93. The SMILES string of the molecule is CC(Oc1cccc(Cl)c1)C(=O)N1CC2CCCC(N)C2C1.Cl. The van der Waals surface area contributed by atoms with Crippen LogP contribution in [-0.4, -0.2) is 36.0 Å². The maximum atomic E-state index is 12.6. The zero-order valence-corrected chi connectivity index (χ0v) is 14.9. The van der Waals surface area contributed by atoms with Crippen LogP contribution in [0.15, 0.2) is 24.3 Å². The van der Waals surface area contributed by atoms with Crippen molar-refractivity contribution in [3.8, 4) is 5.75 Å². The first-order valence-electron chi connectivity index (χ1n) is 8.01. The predicted molar refractivity (Wildman–Crippen MR) is 94.2 cm³/mol. The Morgan fingerprint density at radius 1 is 1.39 bits per heavy atom. The number of fused-ring (bicyclic) bond motifs is 1. The molecule has 1 aromatic rings. The number of hydrogen-bond donors (Lipinski definition) is 1. The zero-order chi connectivity index (χ0) is 15.7. The van der Waals surface area contributed by atoms with Crippen LogP contribution in [0.1, 0.15) is 26.2 Å². The van der Waals surface area contributed by atoms with Gasteiger partial charge in [0.2, 0.25) is 0 Å². The van der Waals surface area contributed by atoms with Crippen molar-refractivity contribution in [3.05, 3.63) is 29.3 Å². The number of likely N-dealkylation sites (tertiary alicyclic amines) is 1. The number of benzene rings is 1. The third-order valence-electron chi connectivity index (χ3n) is 4.92. The Hall–Kier alpha value is -0.970. The zero-order valence-electron chi connectivity index (χ0n) is 13.3. The van der Waals surface area contributed by atoms with Gasteiger partial charge in [0.1, 0.15) is 5.75 Å². The van der Waals surface area contributed by atoms with E-state index < -0.39 is 6.10 Å². The molecule has 1 aromatic carbocycles. The Bertz CT molecular complexity index is 555. The highest BCUT2D eigenvalue weighted by molar-refractivity contribution is 6.30. The highest BCUT2D eigenvalue weighted by Gasteiger charge is 2.41. The van der Waals surface area contributed by atoms with E-state index in [-0.39, 0.29) is 24.4 Å². The van der Waals surface area contributed by atoms with Crippen LogP contribution in [0.4, 0.5) is 0 Å². The number of carbonyl (C=O) groups is 1. The molecule has 1 saturated heterocycles. The molecule has 0 spiro atoms. The molecule has 1 aliphatic heterocycles. The third kappa shape index (κ3) is 4.11. The van der Waals surface area contributed by atoms with Crippen LogP contribution in [0.25, 0.3) is 0 Å². The second kappa shape index (κ2) is 7.73. The Kier molecular flexibility index (Phi) is 6.18. The number of rotatable bonds is 3. The maximum absolute atomic E-state index is 12.6. The Morgan fingerprint density at radius 2 is 2.17 bits per heavy atom. The molecule has 128 valence electrons. The van der Waals surface area contributed by atoms with Crippen molar-refractivity contribution in [2.45, 2.75) is 38.3 Å². The van der Waals surface area contributed by atoms with Gasteiger partial charge in [0.25, 0.3) is 5.91 Å². The van der Waals surface area contributed by atoms with E-state index in [2.05, 4.69) is 0 Å². The summed E-state index contributed by atoms with van der Waals surface area (Å²) < 4.78 is 5.74. The predicted octanol–water partition coefficient (Wildman–Crippen LogP) is 3.11. The molecule has 4 unspecified atom stereocenters. The lowest BCUT2D eigenvalue weighted by Crippen LogP contribution is -2.41. The fraction of sp³-hybridized carbons (Fsp3) is 0.588. The molecule has 0 radical (unpaired) electrons. The molecule has 3 rings (SSSR count). The van der Waals surface area contributed by atoms with Gasteiger partial charge in [-0.15, -0.1) is 12.4 Å². The van der Waals surface area contributed by atoms with Crippen LogP contribution >= 0.6 is 24.0 Å². The van der Waals surface area contributed by atoms with Crippen LogP contribution in [0, 0.1) is 11.8 Å². The summed E-state index contributed by atoms with van der Waals surface area (Å²) in [7, 11) is 0. The number of hydrogen-bond acceptors (Lipinski definition) is 3. The van der Waals surface area contributed by atoms with Crippen molar-refractivity contribution in [3.63, 3.8) is 0 Å². The smallest absolute Gasteiger partial charge is 0.263 e. The van der Waals surface area contributed by atoms with E-state index in [0.29, 0.717) is 22.6 Å². The van der Waals surface area contributed by atoms with Gasteiger partial charge in [-0.25, -0.2) is 0 Å². The molecule has 0 bridgehead atoms. The second-order valence-corrected chi connectivity index (χ2v) is 6.92. The van der Waals surface area contributed by atoms with Crippen molar-refractivity contribution >= 4 is 29.9 Å². The van der Waals surface area contributed by atoms with E-state index in [1.165, 1.54) is 12.8 Å². The van der Waals surface area contributed by atoms with Crippen LogP contribution in [-0.2, 0) is 4.79 Å². The number of carbonyl (C=O) groups excluding carboxylic acids is 1. The summed E-state index contributed by atoms with van der Waals surface area (Å²) in [6.07, 6.45) is 2.94. The van der Waals surface area contributed by atoms with Gasteiger partial charge < -0.3 is 15.4 Å². The van der Waals surface area contributed by atoms with E-state index in [9.17, 15) is 4.79 Å². The topological polar surface area (TPSA) is 55.6 Å². The van der Waals surface area contributed by atoms with Gasteiger partial charge in [0.15, 0.2) is 6.10 Å². The molecule has 2 aliphatic rings. The van der Waals surface area contributed by atoms with Gasteiger partial charge in [0, 0.05) is 24.2 Å². The molecule has 23 heavy (non-hydrogen) atoms. The number of nitrogens with two attached hydrogens (primary N) is 1. The van der Waals surface area contributed by atoms with Crippen molar-refractivity contribution in [2.24, 2.45) is 17.6 Å². The summed E-state index contributed by atoms with van der Waals surface area (Å²) in [5.41, 5.74) is 6.21. The summed E-state index contributed by atoms with van der Waals surface area (Å²) in [6.45, 7) is 3.39. The summed E-state index contributed by atoms with van der Waals surface area (Å²) in [4.78, 5) is 14.5. The highest BCUT2D eigenvalue weighted by Crippen LogP contribution is 2.35. The number of ether oxygens (including phenoxy) is 1. The summed E-state index contributed by atoms with van der Waals surface area (Å²) in [6, 6.07) is 7.38. The van der Waals surface area contributed by atoms with Gasteiger partial charge in [-0.05, 0) is 49.8 Å². The first-order valence-corrected chi connectivity index (χ1v) is 8.39. The molecule has 6 heteroatoms. The summed E-state index contributed by atoms with van der Waals surface area (Å²) in [5.74, 6) is 1.69. The molecular formula is C17H24Cl2N2O2. The standard InChI is InChI=1S/C17H23ClN2O2.ClH/c1-11(22-14-6-3-5-13(18)8-14)17(21)20-9-12-4-2-7-16(19)15(12)10-20;/h3,5-6,8,11-12,15-16H,2,4,7,9-10,19H2,1H3;1H. The largest absolute Gasteiger partial charge is 0.481 e. The van der Waals surface area contributed by atoms with Crippen LogP contribution in [0.5, 0.6) is 5.75 Å². The van der Waals surface area contributed by atoms with E-state index >= 15 is 0 Å². The van der Waals surface area contributed by atoms with Crippen molar-refractivity contribution < 1.29 is 9.53 Å². The van der Waals surface area contributed by atoms with Gasteiger partial charge in [0.05, 0.1) is 0 Å². The fourth-order valence-electron chi connectivity index (χ4n) is 3.75. The quantitative estimate of drug-likeness (QED) is 0.902. The molecule has 4 atom stereocenters. The van der Waals surface area contributed by atoms with Crippen LogP contribution in [0.2, 0.25) is 5.02 Å². The van der Waals surface area contributed by atoms with Crippen molar-refractivity contribution in [2.75, 3.05) is 13.1 Å². The summed E-state index contributed by atoms with van der Waals surface area (Å²) >= 11 is 5.94. The normalized spacial score (nSPS) is 27.8. The number of amides is 1. The molecular weight excluding hydrogens is 335 g/mol. The van der Waals surface area contributed by atoms with Gasteiger partial charge >= 0.3 is 0 Å². The lowest BCUT2D eigenvalue weighted by molar-refractivity contribution is -0.137. The first kappa shape index (κ1) is 18.4. The minimum absolute atomic E-state index is 0. The number of halogens is 2. The van der Waals surface area contributed by atoms with Gasteiger partial charge in [-0.3, -0.25) is 4.79 Å². The van der Waals surface area contributed by atoms with Crippen LogP contribution in [0.3, 0.4) is 0 Å². The second-order valence-electron chi connectivity index (χ2n) is 6.48. The highest BCUT2D eigenvalue weighted by atomic mass is 35.5. The third-order valence-corrected chi connectivity index (χ3v) is 5.16. The monoisotopic (exact) mass is 358 g/mol. The number of nitrogens with zero attached hydrogens (tertiary/aromatic N) is 1. The van der Waals surface area contributed by atoms with E-state index in [4.69, 9.17) is 22.1 Å². The summed E-state index contributed by atoms with van der Waals surface area (Å²) in [5, 5.41) is 0.607. The first-order chi connectivity index (χ1) is 10.5. The molecule has 4 nitrogen and oxygen atoms in total. The van der Waals surface area contributed by atoms with Gasteiger partial charge in [-0.1, -0.05) is 24.1 Å². The Balaban J connectivity index is 0.00000192. The van der Waals surface area contributed by atoms with Crippen molar-refractivity contribution in [1.82, 2.24) is 4.90 Å². The lowest BCUT2D eigenvalue weighted by atomic mass is 9.78. The molecule has 0 aromatic heterocycles. The lowest BCUT2D eigenvalue weighted by Gasteiger charge is -2.29. The molecule has 1 heterocycles. The molecule has 2 N–H and O–H groups in total. The molecule has 2 fully saturated rings. The van der Waals surface area contributed by atoms with E-state index in [0.717, 1.165) is 19.5 Å². The minimum Gasteiger partial charge on any atom is -0.481 e. The van der Waals surface area contributed by atoms with Crippen LogP contribution < -0.4 is 10.5 Å². The maximum Gasteiger partial charge on any atom is 0.263 e. The Morgan fingerprint density at radius 3 is 2.87 bits per heavy atom. The Labute approximate surface area is 148 Å². The van der Waals surface area contributed by atoms with E-state index in [1.807, 2.05) is 17.0 Å². The average molecular weight is 359 g/mol. The molecule has 1 amide bonds.